The molecule has 38 heavy (non-hydrogen) atoms. The number of ether oxygens (including phenoxy) is 5. The van der Waals surface area contributed by atoms with Crippen LogP contribution in [0.15, 0.2) is 67.0 Å². The van der Waals surface area contributed by atoms with E-state index in [0.29, 0.717) is 34.4 Å². The molecule has 3 N–H and O–H groups in total. The lowest BCUT2D eigenvalue weighted by Gasteiger charge is -2.16. The van der Waals surface area contributed by atoms with E-state index in [1.165, 1.54) is 0 Å². The number of benzene rings is 3. The van der Waals surface area contributed by atoms with E-state index in [1.54, 1.807) is 47.8 Å². The van der Waals surface area contributed by atoms with Gasteiger partial charge in [0.25, 0.3) is 0 Å². The van der Waals surface area contributed by atoms with Crippen molar-refractivity contribution in [2.45, 2.75) is 6.10 Å². The smallest absolute Gasteiger partial charge is 0.203 e. The number of hydrogen-bond acceptors (Lipinski definition) is 7. The fourth-order valence-electron chi connectivity index (χ4n) is 4.28. The Labute approximate surface area is 222 Å². The maximum absolute atomic E-state index is 10.8. The number of fused-ring (bicyclic) bond motifs is 1. The van der Waals surface area contributed by atoms with Crippen LogP contribution >= 0.6 is 0 Å². The van der Waals surface area contributed by atoms with Crippen molar-refractivity contribution in [1.82, 2.24) is 4.98 Å². The maximum Gasteiger partial charge on any atom is 0.203 e. The number of aromatic nitrogens is 1. The van der Waals surface area contributed by atoms with Crippen molar-refractivity contribution < 1.29 is 28.8 Å². The largest absolute Gasteiger partial charge is 0.493 e. The highest BCUT2D eigenvalue weighted by molar-refractivity contribution is 5.84. The third kappa shape index (κ3) is 5.40. The molecule has 0 aliphatic heterocycles. The van der Waals surface area contributed by atoms with Gasteiger partial charge in [-0.2, -0.15) is 0 Å². The predicted molar refractivity (Wildman–Crippen MR) is 151 cm³/mol. The molecule has 3 aromatic carbocycles. The molecule has 0 bridgehead atoms. The number of H-pyrrole nitrogens is 1. The average Bonchev–Trinajstić information content (AvgIpc) is 3.39. The molecular weight excluding hydrogens is 484 g/mol. The van der Waals surface area contributed by atoms with Crippen molar-refractivity contribution >= 4 is 28.7 Å². The zero-order valence-corrected chi connectivity index (χ0v) is 22.1. The zero-order valence-electron chi connectivity index (χ0n) is 22.1. The van der Waals surface area contributed by atoms with E-state index < -0.39 is 6.10 Å². The normalized spacial score (nSPS) is 12.2. The van der Waals surface area contributed by atoms with Crippen LogP contribution in [0, 0.1) is 0 Å². The van der Waals surface area contributed by atoms with E-state index >= 15 is 0 Å². The summed E-state index contributed by atoms with van der Waals surface area (Å²) in [4.78, 5) is 3.19. The Hall–Kier alpha value is -4.56. The molecular formula is C30H32N2O6. The molecule has 8 heteroatoms. The lowest BCUT2D eigenvalue weighted by Crippen LogP contribution is -2.00. The summed E-state index contributed by atoms with van der Waals surface area (Å²) in [5, 5.41) is 15.1. The first-order valence-corrected chi connectivity index (χ1v) is 11.9. The van der Waals surface area contributed by atoms with Gasteiger partial charge in [-0.3, -0.25) is 0 Å². The lowest BCUT2D eigenvalue weighted by atomic mass is 10.1. The van der Waals surface area contributed by atoms with Crippen molar-refractivity contribution in [3.05, 3.63) is 83.7 Å². The van der Waals surface area contributed by atoms with Crippen molar-refractivity contribution in [2.24, 2.45) is 0 Å². The molecule has 0 saturated carbocycles. The standard InChI is InChI=1S/C30H32N2O6/c1-34-25-13-12-20(11-10-19-16-26(35-2)29(37-4)27(17-19)36-3)28(30(25)38-5)31-15-14-24(33)22-18-32-23-9-7-6-8-21(22)23/h6-18,24,31-33H,1-5H3/b11-10-,15-14-. The number of para-hydroxylation sites is 1. The minimum atomic E-state index is -0.812. The molecule has 0 amide bonds. The number of aliphatic hydroxyl groups excluding tert-OH is 1. The highest BCUT2D eigenvalue weighted by atomic mass is 16.5. The minimum Gasteiger partial charge on any atom is -0.493 e. The fraction of sp³-hybridized carbons (Fsp3) is 0.200. The number of aliphatic hydroxyl groups is 1. The maximum atomic E-state index is 10.8. The van der Waals surface area contributed by atoms with Gasteiger partial charge in [0.05, 0.1) is 41.2 Å². The van der Waals surface area contributed by atoms with Gasteiger partial charge in [-0.25, -0.2) is 0 Å². The number of rotatable bonds is 11. The first kappa shape index (κ1) is 26.5. The van der Waals surface area contributed by atoms with Gasteiger partial charge in [-0.05, 0) is 42.0 Å². The van der Waals surface area contributed by atoms with Crippen molar-refractivity contribution in [3.8, 4) is 28.7 Å². The van der Waals surface area contributed by atoms with Crippen LogP contribution in [-0.4, -0.2) is 45.6 Å². The Kier molecular flexibility index (Phi) is 8.45. The van der Waals surface area contributed by atoms with E-state index in [4.69, 9.17) is 23.7 Å². The second-order valence-corrected chi connectivity index (χ2v) is 8.30. The molecule has 0 aliphatic rings. The Morgan fingerprint density at radius 2 is 1.47 bits per heavy atom. The molecule has 1 aromatic heterocycles. The van der Waals surface area contributed by atoms with Crippen LogP contribution in [0.5, 0.6) is 28.7 Å². The van der Waals surface area contributed by atoms with Crippen LogP contribution < -0.4 is 29.0 Å². The number of hydrogen-bond donors (Lipinski definition) is 3. The van der Waals surface area contributed by atoms with Gasteiger partial charge in [-0.15, -0.1) is 0 Å². The molecule has 198 valence electrons. The van der Waals surface area contributed by atoms with Gasteiger partial charge in [0, 0.05) is 34.4 Å². The van der Waals surface area contributed by atoms with Gasteiger partial charge >= 0.3 is 0 Å². The Bertz CT molecular complexity index is 1430. The first-order chi connectivity index (χ1) is 18.5. The lowest BCUT2D eigenvalue weighted by molar-refractivity contribution is 0.230. The summed E-state index contributed by atoms with van der Waals surface area (Å²) in [6.45, 7) is 0. The summed E-state index contributed by atoms with van der Waals surface area (Å²) >= 11 is 0. The molecule has 1 unspecified atom stereocenters. The van der Waals surface area contributed by atoms with Crippen LogP contribution in [0.3, 0.4) is 0 Å². The molecule has 0 aliphatic carbocycles. The summed E-state index contributed by atoms with van der Waals surface area (Å²) in [6.07, 6.45) is 8.25. The van der Waals surface area contributed by atoms with Crippen LogP contribution in [0.4, 0.5) is 5.69 Å². The van der Waals surface area contributed by atoms with Gasteiger partial charge in [-0.1, -0.05) is 30.4 Å². The molecule has 4 aromatic rings. The highest BCUT2D eigenvalue weighted by Gasteiger charge is 2.15. The van der Waals surface area contributed by atoms with E-state index in [-0.39, 0.29) is 0 Å². The van der Waals surface area contributed by atoms with Crippen LogP contribution in [0.2, 0.25) is 0 Å². The molecule has 0 radical (unpaired) electrons. The number of anilines is 1. The van der Waals surface area contributed by atoms with Gasteiger partial charge in [0.15, 0.2) is 23.0 Å². The van der Waals surface area contributed by atoms with Gasteiger partial charge < -0.3 is 39.1 Å². The number of aromatic amines is 1. The summed E-state index contributed by atoms with van der Waals surface area (Å²) in [6, 6.07) is 15.3. The predicted octanol–water partition coefficient (Wildman–Crippen LogP) is 6.04. The first-order valence-electron chi connectivity index (χ1n) is 11.9. The van der Waals surface area contributed by atoms with E-state index in [9.17, 15) is 5.11 Å². The van der Waals surface area contributed by atoms with Crippen LogP contribution in [-0.2, 0) is 0 Å². The highest BCUT2D eigenvalue weighted by Crippen LogP contribution is 2.41. The Morgan fingerprint density at radius 1 is 0.789 bits per heavy atom. The quantitative estimate of drug-likeness (QED) is 0.209. The molecule has 8 nitrogen and oxygen atoms in total. The van der Waals surface area contributed by atoms with E-state index in [0.717, 1.165) is 27.6 Å². The van der Waals surface area contributed by atoms with Gasteiger partial charge in [0.2, 0.25) is 5.75 Å². The van der Waals surface area contributed by atoms with Gasteiger partial charge in [0.1, 0.15) is 6.10 Å². The number of methoxy groups -OCH3 is 5. The topological polar surface area (TPSA) is 94.2 Å². The van der Waals surface area contributed by atoms with E-state index in [1.807, 2.05) is 66.9 Å². The SMILES string of the molecule is COc1cc(/C=C\c2ccc(OC)c(OC)c2N/C=C\C(O)c2c[nH]c3ccccc23)cc(OC)c1OC. The van der Waals surface area contributed by atoms with Crippen molar-refractivity contribution in [3.63, 3.8) is 0 Å². The summed E-state index contributed by atoms with van der Waals surface area (Å²) in [7, 11) is 7.90. The van der Waals surface area contributed by atoms with Crippen LogP contribution in [0.1, 0.15) is 22.8 Å². The summed E-state index contributed by atoms with van der Waals surface area (Å²) in [5.41, 5.74) is 4.13. The third-order valence-electron chi connectivity index (χ3n) is 6.17. The molecule has 0 spiro atoms. The molecule has 1 atom stereocenters. The zero-order chi connectivity index (χ0) is 27.1. The Morgan fingerprint density at radius 3 is 2.13 bits per heavy atom. The monoisotopic (exact) mass is 516 g/mol. The van der Waals surface area contributed by atoms with Crippen molar-refractivity contribution in [1.29, 1.82) is 0 Å². The van der Waals surface area contributed by atoms with Crippen molar-refractivity contribution in [2.75, 3.05) is 40.9 Å². The Balaban J connectivity index is 1.65. The fourth-order valence-corrected chi connectivity index (χ4v) is 4.28. The average molecular weight is 517 g/mol. The molecule has 4 rings (SSSR count). The number of nitrogens with one attached hydrogen (secondary N) is 2. The molecule has 0 saturated heterocycles. The molecule has 1 heterocycles. The summed E-state index contributed by atoms with van der Waals surface area (Å²) in [5.74, 6) is 2.76. The third-order valence-corrected chi connectivity index (χ3v) is 6.17. The molecule has 0 fully saturated rings. The van der Waals surface area contributed by atoms with Crippen LogP contribution in [0.25, 0.3) is 23.1 Å². The second kappa shape index (κ2) is 12.1. The summed E-state index contributed by atoms with van der Waals surface area (Å²) < 4.78 is 27.5. The van der Waals surface area contributed by atoms with E-state index in [2.05, 4.69) is 10.3 Å². The minimum absolute atomic E-state index is 0.527. The second-order valence-electron chi connectivity index (χ2n) is 8.30.